The van der Waals surface area contributed by atoms with E-state index in [0.717, 1.165) is 25.2 Å². The van der Waals surface area contributed by atoms with Crippen LogP contribution in [0.15, 0.2) is 62.6 Å². The molecule has 188 valence electrons. The molecule has 0 unspecified atom stereocenters. The fourth-order valence-corrected chi connectivity index (χ4v) is 6.07. The van der Waals surface area contributed by atoms with Gasteiger partial charge < -0.3 is 14.6 Å². The molecular weight excluding hydrogens is 468 g/mol. The van der Waals surface area contributed by atoms with Crippen molar-refractivity contribution in [3.05, 3.63) is 59.1 Å². The first-order chi connectivity index (χ1) is 16.8. The molecule has 0 spiro atoms. The Balaban J connectivity index is 1.34. The number of carbonyl (C=O) groups excluding carboxylic acids is 1. The van der Waals surface area contributed by atoms with Gasteiger partial charge in [0.15, 0.2) is 5.58 Å². The van der Waals surface area contributed by atoms with Gasteiger partial charge in [0, 0.05) is 51.5 Å². The summed E-state index contributed by atoms with van der Waals surface area (Å²) in [7, 11) is -2.25. The number of hydrogen-bond acceptors (Lipinski definition) is 6. The summed E-state index contributed by atoms with van der Waals surface area (Å²) >= 11 is 0. The number of aryl methyl sites for hydroxylation is 1. The van der Waals surface area contributed by atoms with Crippen molar-refractivity contribution in [1.82, 2.24) is 14.2 Å². The molecule has 1 aliphatic rings. The van der Waals surface area contributed by atoms with E-state index in [9.17, 15) is 18.0 Å². The van der Waals surface area contributed by atoms with Crippen LogP contribution in [-0.2, 0) is 21.9 Å². The van der Waals surface area contributed by atoms with E-state index in [1.165, 1.54) is 21.0 Å². The van der Waals surface area contributed by atoms with E-state index in [0.29, 0.717) is 31.4 Å². The molecule has 0 saturated carbocycles. The number of amides is 1. The van der Waals surface area contributed by atoms with Crippen molar-refractivity contribution < 1.29 is 17.6 Å². The Morgan fingerprint density at radius 1 is 1.20 bits per heavy atom. The maximum atomic E-state index is 13.3. The van der Waals surface area contributed by atoms with Crippen LogP contribution in [0.25, 0.3) is 11.1 Å². The van der Waals surface area contributed by atoms with E-state index in [2.05, 4.69) is 29.3 Å². The molecule has 1 fully saturated rings. The number of piperidine rings is 1. The number of aromatic nitrogens is 1. The number of oxazole rings is 1. The lowest BCUT2D eigenvalue weighted by Crippen LogP contribution is -2.45. The summed E-state index contributed by atoms with van der Waals surface area (Å²) < 4.78 is 34.3. The summed E-state index contributed by atoms with van der Waals surface area (Å²) in [6.45, 7) is 4.83. The van der Waals surface area contributed by atoms with Crippen molar-refractivity contribution in [2.45, 2.75) is 31.1 Å². The van der Waals surface area contributed by atoms with E-state index in [1.807, 2.05) is 18.2 Å². The van der Waals surface area contributed by atoms with Crippen LogP contribution in [-0.4, -0.2) is 55.9 Å². The first kappa shape index (κ1) is 25.0. The lowest BCUT2D eigenvalue weighted by molar-refractivity contribution is -0.126. The zero-order valence-electron chi connectivity index (χ0n) is 20.1. The van der Waals surface area contributed by atoms with Gasteiger partial charge in [0.1, 0.15) is 0 Å². The molecule has 0 bridgehead atoms. The average Bonchev–Trinajstić information content (AvgIpc) is 3.17. The number of para-hydroxylation sites is 1. The summed E-state index contributed by atoms with van der Waals surface area (Å²) in [6.07, 6.45) is 2.05. The van der Waals surface area contributed by atoms with Crippen LogP contribution in [0, 0.1) is 5.92 Å². The third-order valence-corrected chi connectivity index (χ3v) is 8.42. The second-order valence-corrected chi connectivity index (χ2v) is 10.8. The van der Waals surface area contributed by atoms with Crippen molar-refractivity contribution in [3.8, 4) is 0 Å². The van der Waals surface area contributed by atoms with Gasteiger partial charge in [-0.25, -0.2) is 13.2 Å². The number of hydrogen-bond donors (Lipinski definition) is 1. The zero-order valence-corrected chi connectivity index (χ0v) is 21.0. The molecule has 0 aliphatic carbocycles. The first-order valence-electron chi connectivity index (χ1n) is 12.0. The largest absolute Gasteiger partial charge is 0.419 e. The van der Waals surface area contributed by atoms with Gasteiger partial charge in [-0.05, 0) is 50.5 Å². The number of anilines is 1. The monoisotopic (exact) mass is 500 g/mol. The van der Waals surface area contributed by atoms with E-state index < -0.39 is 21.7 Å². The van der Waals surface area contributed by atoms with Crippen LogP contribution < -0.4 is 16.0 Å². The average molecular weight is 501 g/mol. The molecule has 1 aliphatic heterocycles. The van der Waals surface area contributed by atoms with Gasteiger partial charge in [-0.15, -0.1) is 0 Å². The SMILES string of the molecule is CCN(CCCNC(=O)[C@H]1CCCN(S(=O)(=O)c2ccc3c(c2)oc(=O)n3C)C1)c1ccccc1. The molecule has 1 N–H and O–H groups in total. The smallest absolute Gasteiger partial charge is 0.408 e. The predicted octanol–water partition coefficient (Wildman–Crippen LogP) is 2.57. The van der Waals surface area contributed by atoms with Crippen molar-refractivity contribution in [2.75, 3.05) is 37.6 Å². The molecule has 1 aromatic heterocycles. The second-order valence-electron chi connectivity index (χ2n) is 8.82. The third-order valence-electron chi connectivity index (χ3n) is 6.56. The molecule has 10 heteroatoms. The van der Waals surface area contributed by atoms with E-state index in [1.54, 1.807) is 13.1 Å². The van der Waals surface area contributed by atoms with Gasteiger partial charge in [-0.1, -0.05) is 18.2 Å². The first-order valence-corrected chi connectivity index (χ1v) is 13.4. The fourth-order valence-electron chi connectivity index (χ4n) is 4.53. The van der Waals surface area contributed by atoms with Crippen molar-refractivity contribution in [3.63, 3.8) is 0 Å². The molecule has 4 rings (SSSR count). The normalized spacial score (nSPS) is 16.9. The number of sulfonamides is 1. The number of benzene rings is 2. The van der Waals surface area contributed by atoms with Crippen LogP contribution in [0.2, 0.25) is 0 Å². The van der Waals surface area contributed by atoms with E-state index in [4.69, 9.17) is 4.42 Å². The Kier molecular flexibility index (Phi) is 7.61. The summed E-state index contributed by atoms with van der Waals surface area (Å²) in [6, 6.07) is 14.6. The van der Waals surface area contributed by atoms with Gasteiger partial charge >= 0.3 is 5.76 Å². The van der Waals surface area contributed by atoms with Crippen LogP contribution in [0.5, 0.6) is 0 Å². The van der Waals surface area contributed by atoms with Crippen LogP contribution >= 0.6 is 0 Å². The molecule has 35 heavy (non-hydrogen) atoms. The second kappa shape index (κ2) is 10.7. The zero-order chi connectivity index (χ0) is 25.0. The maximum absolute atomic E-state index is 13.3. The minimum absolute atomic E-state index is 0.0565. The molecule has 2 aromatic carbocycles. The highest BCUT2D eigenvalue weighted by Gasteiger charge is 2.33. The van der Waals surface area contributed by atoms with Crippen molar-refractivity contribution in [1.29, 1.82) is 0 Å². The van der Waals surface area contributed by atoms with Crippen molar-refractivity contribution >= 4 is 32.7 Å². The molecule has 1 saturated heterocycles. The Hall–Kier alpha value is -3.11. The molecule has 2 heterocycles. The van der Waals surface area contributed by atoms with Gasteiger partial charge in [-0.3, -0.25) is 9.36 Å². The molecule has 0 radical (unpaired) electrons. The Labute approximate surface area is 205 Å². The standard InChI is InChI=1S/C25H32N4O5S/c1-3-28(20-10-5-4-6-11-20)15-8-14-26-24(30)19-9-7-16-29(18-19)35(32,33)21-12-13-22-23(17-21)34-25(31)27(22)2/h4-6,10-13,17,19H,3,7-9,14-16,18H2,1-2H3,(H,26,30)/t19-/m0/s1. The molecule has 9 nitrogen and oxygen atoms in total. The van der Waals surface area contributed by atoms with Crippen molar-refractivity contribution in [2.24, 2.45) is 13.0 Å². The predicted molar refractivity (Wildman–Crippen MR) is 135 cm³/mol. The minimum Gasteiger partial charge on any atom is -0.408 e. The van der Waals surface area contributed by atoms with Gasteiger partial charge in [0.05, 0.1) is 16.3 Å². The number of rotatable bonds is 9. The summed E-state index contributed by atoms with van der Waals surface area (Å²) in [5.41, 5.74) is 1.91. The topological polar surface area (TPSA) is 105 Å². The number of nitrogens with zero attached hydrogens (tertiary/aromatic N) is 3. The quantitative estimate of drug-likeness (QED) is 0.453. The number of fused-ring (bicyclic) bond motifs is 1. The van der Waals surface area contributed by atoms with E-state index >= 15 is 0 Å². The highest BCUT2D eigenvalue weighted by molar-refractivity contribution is 7.89. The lowest BCUT2D eigenvalue weighted by Gasteiger charge is -2.31. The van der Waals surface area contributed by atoms with Crippen LogP contribution in [0.1, 0.15) is 26.2 Å². The third kappa shape index (κ3) is 5.43. The molecule has 3 aromatic rings. The maximum Gasteiger partial charge on any atom is 0.419 e. The lowest BCUT2D eigenvalue weighted by atomic mass is 9.99. The minimum atomic E-state index is -3.82. The highest BCUT2D eigenvalue weighted by Crippen LogP contribution is 2.26. The van der Waals surface area contributed by atoms with E-state index in [-0.39, 0.29) is 22.9 Å². The molecule has 1 atom stereocenters. The molecule has 1 amide bonds. The Morgan fingerprint density at radius 3 is 2.71 bits per heavy atom. The number of nitrogens with one attached hydrogen (secondary N) is 1. The van der Waals surface area contributed by atoms with Gasteiger partial charge in [0.2, 0.25) is 15.9 Å². The summed E-state index contributed by atoms with van der Waals surface area (Å²) in [4.78, 5) is 26.9. The van der Waals surface area contributed by atoms with Crippen LogP contribution in [0.4, 0.5) is 5.69 Å². The van der Waals surface area contributed by atoms with Gasteiger partial charge in [0.25, 0.3) is 0 Å². The number of carbonyl (C=O) groups is 1. The highest BCUT2D eigenvalue weighted by atomic mass is 32.2. The molecular formula is C25H32N4O5S. The fraction of sp³-hybridized carbons (Fsp3) is 0.440. The van der Waals surface area contributed by atoms with Gasteiger partial charge in [-0.2, -0.15) is 4.31 Å². The Morgan fingerprint density at radius 2 is 1.97 bits per heavy atom. The van der Waals surface area contributed by atoms with Crippen LogP contribution in [0.3, 0.4) is 0 Å². The summed E-state index contributed by atoms with van der Waals surface area (Å²) in [5.74, 6) is -1.06. The summed E-state index contributed by atoms with van der Waals surface area (Å²) in [5, 5.41) is 2.99. The Bertz CT molecular complexity index is 1330.